The molecule has 3 aromatic carbocycles. The Bertz CT molecular complexity index is 1350. The maximum atomic E-state index is 12.6. The minimum Gasteiger partial charge on any atom is -0.456 e. The summed E-state index contributed by atoms with van der Waals surface area (Å²) < 4.78 is 29.6. The normalized spacial score (nSPS) is 11.4. The summed E-state index contributed by atoms with van der Waals surface area (Å²) in [7, 11) is -3.41. The summed E-state index contributed by atoms with van der Waals surface area (Å²) in [5.41, 5.74) is 1.45. The van der Waals surface area contributed by atoms with Gasteiger partial charge in [-0.2, -0.15) is 0 Å². The maximum absolute atomic E-state index is 12.6. The Hall–Kier alpha value is -3.16. The van der Waals surface area contributed by atoms with Gasteiger partial charge in [0.2, 0.25) is 0 Å². The van der Waals surface area contributed by atoms with Crippen LogP contribution in [0.2, 0.25) is 0 Å². The highest BCUT2D eigenvalue weighted by molar-refractivity contribution is 7.99. The van der Waals surface area contributed by atoms with E-state index in [4.69, 9.17) is 4.74 Å². The summed E-state index contributed by atoms with van der Waals surface area (Å²) in [6, 6.07) is 24.9. The number of thioether (sulfide) groups is 1. The predicted octanol–water partition coefficient (Wildman–Crippen LogP) is 5.41. The van der Waals surface area contributed by atoms with Gasteiger partial charge in [-0.3, -0.25) is 4.79 Å². The molecule has 0 saturated heterocycles. The number of sulfone groups is 1. The van der Waals surface area contributed by atoms with Crippen molar-refractivity contribution < 1.29 is 17.9 Å². The lowest BCUT2D eigenvalue weighted by molar-refractivity contribution is 0.102. The first-order valence-electron chi connectivity index (χ1n) is 9.49. The van der Waals surface area contributed by atoms with Gasteiger partial charge in [0.25, 0.3) is 0 Å². The van der Waals surface area contributed by atoms with Crippen LogP contribution in [0.1, 0.15) is 10.4 Å². The maximum Gasteiger partial charge on any atom is 0.179 e. The van der Waals surface area contributed by atoms with E-state index in [9.17, 15) is 13.2 Å². The number of nitrogens with zero attached hydrogens (tertiary/aromatic N) is 1. The number of hydrogen-bond donors (Lipinski definition) is 0. The first-order valence-corrected chi connectivity index (χ1v) is 12.4. The first kappa shape index (κ1) is 21.1. The molecular weight excluding hydrogens is 430 g/mol. The zero-order valence-corrected chi connectivity index (χ0v) is 18.3. The number of carbonyl (C=O) groups excluding carboxylic acids is 1. The van der Waals surface area contributed by atoms with Crippen LogP contribution in [0.25, 0.3) is 10.9 Å². The van der Waals surface area contributed by atoms with Gasteiger partial charge in [-0.15, -0.1) is 0 Å². The molecule has 0 spiro atoms. The minimum atomic E-state index is -3.41. The molecule has 0 radical (unpaired) electrons. The van der Waals surface area contributed by atoms with Crippen LogP contribution >= 0.6 is 11.8 Å². The molecule has 0 atom stereocenters. The van der Waals surface area contributed by atoms with E-state index in [0.29, 0.717) is 11.3 Å². The molecule has 0 bridgehead atoms. The standard InChI is InChI=1S/C24H19NO4S2/c1-31(27,28)23-9-5-4-8-22(23)29-19-13-10-18(11-14-19)21(26)16-30-24-15-12-17-6-2-3-7-20(17)25-24/h2-15H,16H2,1H3. The number of hydrogen-bond acceptors (Lipinski definition) is 6. The quantitative estimate of drug-likeness (QED) is 0.278. The van der Waals surface area contributed by atoms with E-state index in [1.807, 2.05) is 36.4 Å². The molecule has 0 aliphatic heterocycles. The zero-order chi connectivity index (χ0) is 21.8. The smallest absolute Gasteiger partial charge is 0.179 e. The van der Waals surface area contributed by atoms with Gasteiger partial charge >= 0.3 is 0 Å². The van der Waals surface area contributed by atoms with E-state index in [2.05, 4.69) is 4.98 Å². The van der Waals surface area contributed by atoms with E-state index < -0.39 is 9.84 Å². The van der Waals surface area contributed by atoms with Crippen molar-refractivity contribution in [2.75, 3.05) is 12.0 Å². The molecule has 7 heteroatoms. The topological polar surface area (TPSA) is 73.3 Å². The third-order valence-electron chi connectivity index (χ3n) is 4.58. The fraction of sp³-hybridized carbons (Fsp3) is 0.0833. The lowest BCUT2D eigenvalue weighted by Crippen LogP contribution is -2.03. The molecule has 0 amide bonds. The summed E-state index contributed by atoms with van der Waals surface area (Å²) in [5.74, 6) is 0.948. The van der Waals surface area contributed by atoms with Crippen LogP contribution in [0.15, 0.2) is 94.9 Å². The Morgan fingerprint density at radius 3 is 2.39 bits per heavy atom. The Labute approximate surface area is 185 Å². The molecule has 0 fully saturated rings. The van der Waals surface area contributed by atoms with Crippen molar-refractivity contribution in [3.63, 3.8) is 0 Å². The Morgan fingerprint density at radius 2 is 1.61 bits per heavy atom. The van der Waals surface area contributed by atoms with Crippen molar-refractivity contribution in [1.82, 2.24) is 4.98 Å². The number of carbonyl (C=O) groups is 1. The third-order valence-corrected chi connectivity index (χ3v) is 6.64. The summed E-state index contributed by atoms with van der Waals surface area (Å²) in [6.07, 6.45) is 1.14. The van der Waals surface area contributed by atoms with Crippen molar-refractivity contribution in [2.24, 2.45) is 0 Å². The van der Waals surface area contributed by atoms with E-state index in [1.54, 1.807) is 42.5 Å². The van der Waals surface area contributed by atoms with Crippen LogP contribution in [-0.4, -0.2) is 31.2 Å². The highest BCUT2D eigenvalue weighted by Gasteiger charge is 2.15. The van der Waals surface area contributed by atoms with Crippen molar-refractivity contribution in [1.29, 1.82) is 0 Å². The highest BCUT2D eigenvalue weighted by Crippen LogP contribution is 2.29. The summed E-state index contributed by atoms with van der Waals surface area (Å²) in [5, 5.41) is 1.86. The van der Waals surface area contributed by atoms with E-state index in [0.717, 1.165) is 22.2 Å². The molecule has 0 unspecified atom stereocenters. The number of ether oxygens (including phenoxy) is 1. The number of para-hydroxylation sites is 2. The second kappa shape index (κ2) is 8.91. The van der Waals surface area contributed by atoms with E-state index >= 15 is 0 Å². The van der Waals surface area contributed by atoms with E-state index in [1.165, 1.54) is 17.8 Å². The molecule has 5 nitrogen and oxygen atoms in total. The molecule has 0 aliphatic carbocycles. The zero-order valence-electron chi connectivity index (χ0n) is 16.7. The summed E-state index contributed by atoms with van der Waals surface area (Å²) >= 11 is 1.39. The molecule has 156 valence electrons. The van der Waals surface area contributed by atoms with Gasteiger partial charge in [0, 0.05) is 17.2 Å². The van der Waals surface area contributed by atoms with Crippen LogP contribution in [-0.2, 0) is 9.84 Å². The number of fused-ring (bicyclic) bond motifs is 1. The molecule has 1 heterocycles. The molecule has 4 rings (SSSR count). The Kier molecular flexibility index (Phi) is 6.06. The SMILES string of the molecule is CS(=O)(=O)c1ccccc1Oc1ccc(C(=O)CSc2ccc3ccccc3n2)cc1. The largest absolute Gasteiger partial charge is 0.456 e. The monoisotopic (exact) mass is 449 g/mol. The van der Waals surface area contributed by atoms with Crippen molar-refractivity contribution in [2.45, 2.75) is 9.92 Å². The fourth-order valence-electron chi connectivity index (χ4n) is 3.03. The second-order valence-electron chi connectivity index (χ2n) is 6.90. The predicted molar refractivity (Wildman–Crippen MR) is 123 cm³/mol. The second-order valence-corrected chi connectivity index (χ2v) is 9.88. The number of ketones is 1. The van der Waals surface area contributed by atoms with Gasteiger partial charge in [0.1, 0.15) is 16.4 Å². The molecule has 4 aromatic rings. The summed E-state index contributed by atoms with van der Waals surface area (Å²) in [6.45, 7) is 0. The van der Waals surface area contributed by atoms with Gasteiger partial charge < -0.3 is 4.74 Å². The average molecular weight is 450 g/mol. The van der Waals surface area contributed by atoms with Crippen LogP contribution < -0.4 is 4.74 Å². The molecule has 31 heavy (non-hydrogen) atoms. The number of rotatable bonds is 7. The van der Waals surface area contributed by atoms with Crippen LogP contribution in [0.4, 0.5) is 0 Å². The lowest BCUT2D eigenvalue weighted by atomic mass is 10.1. The van der Waals surface area contributed by atoms with E-state index in [-0.39, 0.29) is 22.2 Å². The number of pyridine rings is 1. The lowest BCUT2D eigenvalue weighted by Gasteiger charge is -2.10. The van der Waals surface area contributed by atoms with Crippen LogP contribution in [0.5, 0.6) is 11.5 Å². The first-order chi connectivity index (χ1) is 14.9. The summed E-state index contributed by atoms with van der Waals surface area (Å²) in [4.78, 5) is 17.3. The molecule has 0 N–H and O–H groups in total. The molecule has 0 saturated carbocycles. The van der Waals surface area contributed by atoms with Gasteiger partial charge in [0.15, 0.2) is 15.6 Å². The Balaban J connectivity index is 1.42. The number of benzene rings is 3. The van der Waals surface area contributed by atoms with Gasteiger partial charge in [-0.1, -0.05) is 48.2 Å². The van der Waals surface area contributed by atoms with Gasteiger partial charge in [0.05, 0.1) is 16.3 Å². The van der Waals surface area contributed by atoms with Crippen LogP contribution in [0, 0.1) is 0 Å². The third kappa shape index (κ3) is 5.13. The van der Waals surface area contributed by atoms with Gasteiger partial charge in [-0.25, -0.2) is 13.4 Å². The fourth-order valence-corrected chi connectivity index (χ4v) is 4.60. The van der Waals surface area contributed by atoms with Crippen molar-refractivity contribution in [3.05, 3.63) is 90.5 Å². The Morgan fingerprint density at radius 1 is 0.903 bits per heavy atom. The molecule has 0 aliphatic rings. The van der Waals surface area contributed by atoms with Gasteiger partial charge in [-0.05, 0) is 48.5 Å². The van der Waals surface area contributed by atoms with Crippen LogP contribution in [0.3, 0.4) is 0 Å². The molecular formula is C24H19NO4S2. The average Bonchev–Trinajstić information content (AvgIpc) is 2.77. The number of aromatic nitrogens is 1. The number of Topliss-reactive ketones (excluding diaryl/α,β-unsaturated/α-hetero) is 1. The highest BCUT2D eigenvalue weighted by atomic mass is 32.2. The minimum absolute atomic E-state index is 0.0250. The molecule has 1 aromatic heterocycles. The van der Waals surface area contributed by atoms with Crippen molar-refractivity contribution in [3.8, 4) is 11.5 Å². The van der Waals surface area contributed by atoms with Crippen molar-refractivity contribution >= 4 is 38.3 Å².